The van der Waals surface area contributed by atoms with E-state index in [1.807, 2.05) is 24.3 Å². The van der Waals surface area contributed by atoms with Gasteiger partial charge in [-0.1, -0.05) is 25.0 Å². The number of guanidine groups is 1. The van der Waals surface area contributed by atoms with Gasteiger partial charge in [-0.2, -0.15) is 0 Å². The normalized spacial score (nSPS) is 24.0. The topological polar surface area (TPSA) is 78.0 Å². The molecule has 8 heteroatoms. The monoisotopic (exact) mass is 569 g/mol. The van der Waals surface area contributed by atoms with Crippen molar-refractivity contribution in [3.63, 3.8) is 0 Å². The molecule has 1 aromatic rings. The number of rotatable bonds is 8. The lowest BCUT2D eigenvalue weighted by molar-refractivity contribution is 0.0857. The van der Waals surface area contributed by atoms with E-state index in [4.69, 9.17) is 9.73 Å². The van der Waals surface area contributed by atoms with Gasteiger partial charge in [0.1, 0.15) is 0 Å². The number of benzene rings is 1. The maximum atomic E-state index is 12.5. The largest absolute Gasteiger partial charge is 0.376 e. The Kier molecular flexibility index (Phi) is 10.7. The van der Waals surface area contributed by atoms with Crippen LogP contribution >= 0.6 is 24.0 Å². The maximum absolute atomic E-state index is 12.5. The molecule has 2 aliphatic heterocycles. The highest BCUT2D eigenvalue weighted by Crippen LogP contribution is 2.26. The van der Waals surface area contributed by atoms with Gasteiger partial charge in [-0.3, -0.25) is 9.69 Å². The van der Waals surface area contributed by atoms with Crippen molar-refractivity contribution < 1.29 is 9.53 Å². The maximum Gasteiger partial charge on any atom is 0.251 e. The van der Waals surface area contributed by atoms with Crippen molar-refractivity contribution in [3.05, 3.63) is 35.4 Å². The van der Waals surface area contributed by atoms with Gasteiger partial charge in [-0.25, -0.2) is 4.99 Å². The molecule has 1 aromatic carbocycles. The number of ether oxygens (including phenoxy) is 1. The molecule has 3 N–H and O–H groups in total. The first-order valence-electron chi connectivity index (χ1n) is 12.5. The minimum Gasteiger partial charge on any atom is -0.376 e. The Bertz CT molecular complexity index is 778. The Morgan fingerprint density at radius 1 is 1.15 bits per heavy atom. The Morgan fingerprint density at radius 3 is 2.76 bits per heavy atom. The molecule has 33 heavy (non-hydrogen) atoms. The lowest BCUT2D eigenvalue weighted by Gasteiger charge is -2.24. The van der Waals surface area contributed by atoms with Crippen LogP contribution in [0.2, 0.25) is 0 Å². The van der Waals surface area contributed by atoms with Gasteiger partial charge < -0.3 is 20.7 Å². The molecule has 1 aliphatic carbocycles. The van der Waals surface area contributed by atoms with E-state index in [2.05, 4.69) is 27.8 Å². The average Bonchev–Trinajstić information content (AvgIpc) is 3.59. The molecule has 184 valence electrons. The van der Waals surface area contributed by atoms with E-state index >= 15 is 0 Å². The predicted molar refractivity (Wildman–Crippen MR) is 143 cm³/mol. The highest BCUT2D eigenvalue weighted by atomic mass is 127. The second-order valence-corrected chi connectivity index (χ2v) is 9.30. The summed E-state index contributed by atoms with van der Waals surface area (Å²) < 4.78 is 5.59. The van der Waals surface area contributed by atoms with Crippen molar-refractivity contribution in [1.82, 2.24) is 20.9 Å². The number of hydrogen-bond donors (Lipinski definition) is 3. The number of likely N-dealkylation sites (tertiary alicyclic amines) is 1. The van der Waals surface area contributed by atoms with E-state index in [9.17, 15) is 4.79 Å². The molecular weight excluding hydrogens is 529 g/mol. The number of hydrogen-bond acceptors (Lipinski definition) is 4. The lowest BCUT2D eigenvalue weighted by Crippen LogP contribution is -2.45. The number of carbonyl (C=O) groups excluding carboxylic acids is 1. The minimum atomic E-state index is -0.0469. The zero-order chi connectivity index (χ0) is 22.2. The standard InChI is InChI=1S/C25H39N5O2.HI/c1-2-26-25(29-21-12-13-30(18-21)22-9-3-4-10-22)28-16-19-7-5-8-20(15-19)24(31)27-17-23-11-6-14-32-23;/h5,7-8,15,21-23H,2-4,6,9-14,16-18H2,1H3,(H,27,31)(H2,26,28,29);1H. The molecule has 1 saturated carbocycles. The van der Waals surface area contributed by atoms with Crippen LogP contribution in [0.5, 0.6) is 0 Å². The summed E-state index contributed by atoms with van der Waals surface area (Å²) in [5, 5.41) is 10.0. The van der Waals surface area contributed by atoms with Crippen molar-refractivity contribution in [3.8, 4) is 0 Å². The summed E-state index contributed by atoms with van der Waals surface area (Å²) in [6.45, 7) is 7.14. The molecule has 2 saturated heterocycles. The van der Waals surface area contributed by atoms with Gasteiger partial charge in [0.2, 0.25) is 0 Å². The number of aliphatic imine (C=N–C) groups is 1. The van der Waals surface area contributed by atoms with E-state index in [0.717, 1.165) is 50.1 Å². The SMILES string of the molecule is CCNC(=NCc1cccc(C(=O)NCC2CCCO2)c1)NC1CCN(C2CCCC2)C1.I. The fourth-order valence-corrected chi connectivity index (χ4v) is 5.11. The molecule has 2 unspecified atom stereocenters. The van der Waals surface area contributed by atoms with E-state index < -0.39 is 0 Å². The van der Waals surface area contributed by atoms with Crippen LogP contribution in [0.15, 0.2) is 29.3 Å². The van der Waals surface area contributed by atoms with Gasteiger partial charge in [0.25, 0.3) is 5.91 Å². The molecule has 0 radical (unpaired) electrons. The summed E-state index contributed by atoms with van der Waals surface area (Å²) in [7, 11) is 0. The molecule has 0 aromatic heterocycles. The van der Waals surface area contributed by atoms with Crippen LogP contribution in [0.4, 0.5) is 0 Å². The minimum absolute atomic E-state index is 0. The first kappa shape index (κ1) is 26.2. The summed E-state index contributed by atoms with van der Waals surface area (Å²) in [5.41, 5.74) is 1.71. The quantitative estimate of drug-likeness (QED) is 0.255. The molecule has 0 spiro atoms. The molecule has 2 atom stereocenters. The van der Waals surface area contributed by atoms with Crippen molar-refractivity contribution in [2.45, 2.75) is 76.6 Å². The van der Waals surface area contributed by atoms with Crippen LogP contribution in [-0.4, -0.2) is 67.7 Å². The molecular formula is C25H40IN5O2. The summed E-state index contributed by atoms with van der Waals surface area (Å²) in [4.78, 5) is 20.0. The Hall–Kier alpha value is -1.39. The van der Waals surface area contributed by atoms with Gasteiger partial charge in [-0.05, 0) is 56.7 Å². The van der Waals surface area contributed by atoms with E-state index in [1.165, 1.54) is 38.6 Å². The molecule has 4 rings (SSSR count). The van der Waals surface area contributed by atoms with Gasteiger partial charge in [0.15, 0.2) is 5.96 Å². The second kappa shape index (κ2) is 13.5. The number of carbonyl (C=O) groups is 1. The van der Waals surface area contributed by atoms with Crippen molar-refractivity contribution in [1.29, 1.82) is 0 Å². The summed E-state index contributed by atoms with van der Waals surface area (Å²) in [5.74, 6) is 0.813. The second-order valence-electron chi connectivity index (χ2n) is 9.30. The predicted octanol–water partition coefficient (Wildman–Crippen LogP) is 3.29. The van der Waals surface area contributed by atoms with Crippen LogP contribution in [-0.2, 0) is 11.3 Å². The smallest absolute Gasteiger partial charge is 0.251 e. The fraction of sp³-hybridized carbons (Fsp3) is 0.680. The first-order chi connectivity index (χ1) is 15.7. The van der Waals surface area contributed by atoms with Crippen LogP contribution in [0.1, 0.15) is 67.8 Å². The zero-order valence-corrected chi connectivity index (χ0v) is 22.2. The van der Waals surface area contributed by atoms with Crippen LogP contribution in [0.25, 0.3) is 0 Å². The van der Waals surface area contributed by atoms with Crippen LogP contribution in [0, 0.1) is 0 Å². The molecule has 3 aliphatic rings. The van der Waals surface area contributed by atoms with Gasteiger partial charge >= 0.3 is 0 Å². The molecule has 3 fully saturated rings. The number of nitrogens with zero attached hydrogens (tertiary/aromatic N) is 2. The van der Waals surface area contributed by atoms with Gasteiger partial charge in [-0.15, -0.1) is 24.0 Å². The Balaban J connectivity index is 0.00000306. The summed E-state index contributed by atoms with van der Waals surface area (Å²) >= 11 is 0. The average molecular weight is 570 g/mol. The third kappa shape index (κ3) is 7.82. The lowest BCUT2D eigenvalue weighted by atomic mass is 10.1. The third-order valence-corrected chi connectivity index (χ3v) is 6.87. The van der Waals surface area contributed by atoms with Crippen molar-refractivity contribution in [2.75, 3.05) is 32.8 Å². The zero-order valence-electron chi connectivity index (χ0n) is 19.9. The van der Waals surface area contributed by atoms with Crippen LogP contribution in [0.3, 0.4) is 0 Å². The summed E-state index contributed by atoms with van der Waals surface area (Å²) in [6, 6.07) is 9.00. The summed E-state index contributed by atoms with van der Waals surface area (Å²) in [6.07, 6.45) is 8.91. The number of halogens is 1. The van der Waals surface area contributed by atoms with Gasteiger partial charge in [0.05, 0.1) is 12.6 Å². The Labute approximate surface area is 215 Å². The molecule has 1 amide bonds. The first-order valence-corrected chi connectivity index (χ1v) is 12.5. The van der Waals surface area contributed by atoms with Crippen molar-refractivity contribution in [2.24, 2.45) is 4.99 Å². The van der Waals surface area contributed by atoms with Crippen molar-refractivity contribution >= 4 is 35.8 Å². The molecule has 0 bridgehead atoms. The third-order valence-electron chi connectivity index (χ3n) is 6.87. The van der Waals surface area contributed by atoms with E-state index in [0.29, 0.717) is 24.7 Å². The van der Waals surface area contributed by atoms with Crippen LogP contribution < -0.4 is 16.0 Å². The van der Waals surface area contributed by atoms with Gasteiger partial charge in [0, 0.05) is 50.4 Å². The van der Waals surface area contributed by atoms with E-state index in [1.54, 1.807) is 0 Å². The fourth-order valence-electron chi connectivity index (χ4n) is 5.11. The Morgan fingerprint density at radius 2 is 2.00 bits per heavy atom. The van der Waals surface area contributed by atoms with E-state index in [-0.39, 0.29) is 36.0 Å². The molecule has 7 nitrogen and oxygen atoms in total. The molecule has 2 heterocycles. The number of amides is 1. The highest BCUT2D eigenvalue weighted by molar-refractivity contribution is 14.0. The number of nitrogens with one attached hydrogen (secondary N) is 3. The highest BCUT2D eigenvalue weighted by Gasteiger charge is 2.30.